The number of primary amides is 1. The second-order valence-corrected chi connectivity index (χ2v) is 4.49. The first-order valence-electron chi connectivity index (χ1n) is 3.61. The molecule has 0 atom stereocenters. The molecule has 0 saturated carbocycles. The lowest BCUT2D eigenvalue weighted by Gasteiger charge is -1.98. The number of rotatable bonds is 3. The van der Waals surface area contributed by atoms with Gasteiger partial charge in [0.15, 0.2) is 0 Å². The van der Waals surface area contributed by atoms with E-state index in [1.54, 1.807) is 0 Å². The summed E-state index contributed by atoms with van der Waals surface area (Å²) in [5.74, 6) is -0.275. The minimum absolute atomic E-state index is 0.0764. The van der Waals surface area contributed by atoms with Crippen LogP contribution in [0.4, 0.5) is 0 Å². The number of nitrogens with two attached hydrogens (primary N) is 2. The molecule has 78 valence electrons. The molecule has 13 heavy (non-hydrogen) atoms. The van der Waals surface area contributed by atoms with Gasteiger partial charge in [-0.05, 0) is 12.0 Å². The molecule has 0 aliphatic rings. The average molecular weight is 208 g/mol. The van der Waals surface area contributed by atoms with Crippen molar-refractivity contribution in [3.05, 3.63) is 12.7 Å². The van der Waals surface area contributed by atoms with Crippen LogP contribution in [0.25, 0.3) is 0 Å². The van der Waals surface area contributed by atoms with E-state index in [1.807, 2.05) is 13.8 Å². The van der Waals surface area contributed by atoms with Crippen LogP contribution in [-0.2, 0) is 14.8 Å². The molecule has 6 heteroatoms. The van der Waals surface area contributed by atoms with Crippen LogP contribution in [0.3, 0.4) is 0 Å². The van der Waals surface area contributed by atoms with Crippen molar-refractivity contribution in [1.82, 2.24) is 0 Å². The first-order valence-corrected chi connectivity index (χ1v) is 5.33. The van der Waals surface area contributed by atoms with E-state index in [0.29, 0.717) is 0 Å². The summed E-state index contributed by atoms with van der Waals surface area (Å²) >= 11 is 0. The van der Waals surface area contributed by atoms with Gasteiger partial charge in [-0.1, -0.05) is 20.4 Å². The van der Waals surface area contributed by atoms with E-state index in [1.165, 1.54) is 0 Å². The molecule has 0 aromatic heterocycles. The molecule has 0 fully saturated rings. The summed E-state index contributed by atoms with van der Waals surface area (Å²) in [7, 11) is -3.22. The SMILES string of the molecule is C=CC(N)=O.CC(C)CS(N)(=O)=O. The molecule has 0 unspecified atom stereocenters. The Morgan fingerprint density at radius 2 is 1.85 bits per heavy atom. The van der Waals surface area contributed by atoms with Crippen LogP contribution >= 0.6 is 0 Å². The van der Waals surface area contributed by atoms with Gasteiger partial charge in [0.1, 0.15) is 0 Å². The number of hydrogen-bond donors (Lipinski definition) is 2. The minimum Gasteiger partial charge on any atom is -0.366 e. The van der Waals surface area contributed by atoms with Crippen LogP contribution in [0.2, 0.25) is 0 Å². The quantitative estimate of drug-likeness (QED) is 0.616. The van der Waals surface area contributed by atoms with Gasteiger partial charge in [-0.25, -0.2) is 13.6 Å². The molecule has 4 N–H and O–H groups in total. The monoisotopic (exact) mass is 208 g/mol. The highest BCUT2D eigenvalue weighted by molar-refractivity contribution is 7.89. The van der Waals surface area contributed by atoms with E-state index in [9.17, 15) is 13.2 Å². The zero-order valence-electron chi connectivity index (χ0n) is 7.86. The van der Waals surface area contributed by atoms with E-state index in [4.69, 9.17) is 5.14 Å². The maximum Gasteiger partial charge on any atom is 0.240 e. The fraction of sp³-hybridized carbons (Fsp3) is 0.571. The van der Waals surface area contributed by atoms with Gasteiger partial charge in [0.05, 0.1) is 5.75 Å². The molecular formula is C7H16N2O3S. The van der Waals surface area contributed by atoms with Gasteiger partial charge in [-0.15, -0.1) is 0 Å². The Balaban J connectivity index is 0. The maximum atomic E-state index is 10.2. The molecule has 0 radical (unpaired) electrons. The average Bonchev–Trinajstić information content (AvgIpc) is 1.83. The number of carbonyl (C=O) groups is 1. The Morgan fingerprint density at radius 3 is 1.85 bits per heavy atom. The minimum atomic E-state index is -3.22. The van der Waals surface area contributed by atoms with Crippen LogP contribution in [0.15, 0.2) is 12.7 Å². The van der Waals surface area contributed by atoms with E-state index in [2.05, 4.69) is 12.3 Å². The normalized spacial score (nSPS) is 10.2. The summed E-state index contributed by atoms with van der Waals surface area (Å²) < 4.78 is 20.4. The lowest BCUT2D eigenvalue weighted by Crippen LogP contribution is -2.19. The van der Waals surface area contributed by atoms with Crippen LogP contribution in [0, 0.1) is 5.92 Å². The molecule has 5 nitrogen and oxygen atoms in total. The molecule has 0 aromatic rings. The summed E-state index contributed by atoms with van der Waals surface area (Å²) in [6.45, 7) is 6.71. The Hall–Kier alpha value is -0.880. The van der Waals surface area contributed by atoms with Gasteiger partial charge >= 0.3 is 0 Å². The fourth-order valence-corrected chi connectivity index (χ4v) is 1.39. The first kappa shape index (κ1) is 14.6. The first-order chi connectivity index (χ1) is 5.69. The van der Waals surface area contributed by atoms with Crippen molar-refractivity contribution in [2.75, 3.05) is 5.75 Å². The lowest BCUT2D eigenvalue weighted by molar-refractivity contribution is -0.113. The van der Waals surface area contributed by atoms with Crippen molar-refractivity contribution in [2.24, 2.45) is 16.8 Å². The summed E-state index contributed by atoms with van der Waals surface area (Å²) in [6.07, 6.45) is 1.06. The molecule has 0 aliphatic heterocycles. The lowest BCUT2D eigenvalue weighted by atomic mass is 10.3. The third kappa shape index (κ3) is 24.7. The molecule has 0 saturated heterocycles. The van der Waals surface area contributed by atoms with Crippen LogP contribution in [-0.4, -0.2) is 20.1 Å². The Kier molecular flexibility index (Phi) is 7.45. The Bertz CT molecular complexity index is 257. The predicted octanol–water partition coefficient (Wildman–Crippen LogP) is -0.411. The highest BCUT2D eigenvalue weighted by Crippen LogP contribution is 1.93. The van der Waals surface area contributed by atoms with Crippen molar-refractivity contribution in [2.45, 2.75) is 13.8 Å². The van der Waals surface area contributed by atoms with E-state index in [0.717, 1.165) is 6.08 Å². The number of sulfonamides is 1. The fourth-order valence-electron chi connectivity index (χ4n) is 0.465. The zero-order chi connectivity index (χ0) is 11.1. The van der Waals surface area contributed by atoms with Gasteiger partial charge in [-0.3, -0.25) is 4.79 Å². The van der Waals surface area contributed by atoms with Gasteiger partial charge < -0.3 is 5.73 Å². The molecule has 0 bridgehead atoms. The highest BCUT2D eigenvalue weighted by Gasteiger charge is 2.04. The van der Waals surface area contributed by atoms with Crippen molar-refractivity contribution in [1.29, 1.82) is 0 Å². The summed E-state index contributed by atoms with van der Waals surface area (Å²) in [5, 5.41) is 4.71. The zero-order valence-corrected chi connectivity index (χ0v) is 8.67. The molecule has 0 spiro atoms. The highest BCUT2D eigenvalue weighted by atomic mass is 32.2. The van der Waals surface area contributed by atoms with Crippen LogP contribution in [0.5, 0.6) is 0 Å². The molecule has 0 aliphatic carbocycles. The standard InChI is InChI=1S/C4H11NO2S.C3H5NO/c1-4(2)3-8(5,6)7;1-2-3(4)5/h4H,3H2,1-2H3,(H2,5,6,7);2H,1H2,(H2,4,5). The van der Waals surface area contributed by atoms with Crippen LogP contribution < -0.4 is 10.9 Å². The third-order valence-electron chi connectivity index (χ3n) is 0.767. The predicted molar refractivity (Wildman–Crippen MR) is 52.2 cm³/mol. The number of hydrogen-bond acceptors (Lipinski definition) is 3. The van der Waals surface area contributed by atoms with Crippen molar-refractivity contribution < 1.29 is 13.2 Å². The largest absolute Gasteiger partial charge is 0.366 e. The number of amides is 1. The molecule has 0 aromatic carbocycles. The second kappa shape index (κ2) is 6.62. The van der Waals surface area contributed by atoms with E-state index < -0.39 is 15.9 Å². The Labute approximate surface area is 78.8 Å². The van der Waals surface area contributed by atoms with Crippen molar-refractivity contribution in [3.63, 3.8) is 0 Å². The number of primary sulfonamides is 1. The van der Waals surface area contributed by atoms with Gasteiger partial charge in [0.2, 0.25) is 15.9 Å². The van der Waals surface area contributed by atoms with E-state index >= 15 is 0 Å². The molecule has 0 rings (SSSR count). The molecule has 1 amide bonds. The van der Waals surface area contributed by atoms with Crippen molar-refractivity contribution in [3.8, 4) is 0 Å². The smallest absolute Gasteiger partial charge is 0.240 e. The van der Waals surface area contributed by atoms with Gasteiger partial charge in [0, 0.05) is 0 Å². The number of carbonyl (C=O) groups excluding carboxylic acids is 1. The Morgan fingerprint density at radius 1 is 1.54 bits per heavy atom. The summed E-state index contributed by atoms with van der Waals surface area (Å²) in [5.41, 5.74) is 4.53. The third-order valence-corrected chi connectivity index (χ3v) is 1.90. The topological polar surface area (TPSA) is 103 Å². The van der Waals surface area contributed by atoms with Gasteiger partial charge in [0.25, 0.3) is 0 Å². The molecular weight excluding hydrogens is 192 g/mol. The van der Waals surface area contributed by atoms with Gasteiger partial charge in [-0.2, -0.15) is 0 Å². The van der Waals surface area contributed by atoms with Crippen LogP contribution in [0.1, 0.15) is 13.8 Å². The van der Waals surface area contributed by atoms with Crippen molar-refractivity contribution >= 4 is 15.9 Å². The van der Waals surface area contributed by atoms with E-state index in [-0.39, 0.29) is 11.7 Å². The summed E-state index contributed by atoms with van der Waals surface area (Å²) in [4.78, 5) is 9.47. The molecule has 0 heterocycles. The maximum absolute atomic E-state index is 10.2. The second-order valence-electron chi connectivity index (χ2n) is 2.83. The summed E-state index contributed by atoms with van der Waals surface area (Å²) in [6, 6.07) is 0.